The van der Waals surface area contributed by atoms with Crippen LogP contribution in [0.1, 0.15) is 5.56 Å². The number of aryl methyl sites for hydroxylation is 2. The third-order valence-corrected chi connectivity index (χ3v) is 4.08. The van der Waals surface area contributed by atoms with Gasteiger partial charge in [-0.3, -0.25) is 4.68 Å². The summed E-state index contributed by atoms with van der Waals surface area (Å²) in [5.41, 5.74) is 11.5. The largest absolute Gasteiger partial charge is 0.383 e. The van der Waals surface area contributed by atoms with Gasteiger partial charge < -0.3 is 5.73 Å². The minimum Gasteiger partial charge on any atom is -0.383 e. The highest BCUT2D eigenvalue weighted by atomic mass is 79.9. The maximum absolute atomic E-state index is 6.23. The summed E-state index contributed by atoms with van der Waals surface area (Å²) < 4.78 is 2.78. The Morgan fingerprint density at radius 3 is 2.14 bits per heavy atom. The average Bonchev–Trinajstić information content (AvgIpc) is 2.77. The van der Waals surface area contributed by atoms with E-state index in [0.29, 0.717) is 5.82 Å². The van der Waals surface area contributed by atoms with Crippen molar-refractivity contribution in [1.29, 1.82) is 0 Å². The molecule has 1 aromatic heterocycles. The number of halogens is 1. The lowest BCUT2D eigenvalue weighted by Crippen LogP contribution is -1.97. The molecule has 0 radical (unpaired) electrons. The predicted octanol–water partition coefficient (Wildman–Crippen LogP) is 4.41. The highest BCUT2D eigenvalue weighted by Crippen LogP contribution is 2.36. The molecule has 0 fully saturated rings. The first-order valence-corrected chi connectivity index (χ1v) is 7.51. The van der Waals surface area contributed by atoms with E-state index >= 15 is 0 Å². The number of nitrogen functional groups attached to an aromatic ring is 1. The maximum Gasteiger partial charge on any atom is 0.129 e. The van der Waals surface area contributed by atoms with E-state index in [-0.39, 0.29) is 0 Å². The average molecular weight is 342 g/mol. The Labute approximate surface area is 132 Å². The van der Waals surface area contributed by atoms with Crippen molar-refractivity contribution in [3.8, 4) is 22.4 Å². The molecule has 4 heteroatoms. The van der Waals surface area contributed by atoms with Gasteiger partial charge in [-0.2, -0.15) is 5.10 Å². The monoisotopic (exact) mass is 341 g/mol. The first kappa shape index (κ1) is 13.9. The molecule has 0 spiro atoms. The van der Waals surface area contributed by atoms with Crippen LogP contribution in [0.25, 0.3) is 22.4 Å². The lowest BCUT2D eigenvalue weighted by Gasteiger charge is -2.05. The molecule has 0 bridgehead atoms. The van der Waals surface area contributed by atoms with Gasteiger partial charge in [-0.05, 0) is 24.6 Å². The van der Waals surface area contributed by atoms with E-state index in [0.717, 1.165) is 26.9 Å². The van der Waals surface area contributed by atoms with Crippen molar-refractivity contribution in [3.63, 3.8) is 0 Å². The Morgan fingerprint density at radius 1 is 0.952 bits per heavy atom. The van der Waals surface area contributed by atoms with Crippen molar-refractivity contribution in [2.75, 3.05) is 5.73 Å². The second kappa shape index (κ2) is 5.37. The van der Waals surface area contributed by atoms with Crippen LogP contribution in [0.2, 0.25) is 0 Å². The third-order valence-electron chi connectivity index (χ3n) is 3.55. The smallest absolute Gasteiger partial charge is 0.129 e. The molecule has 1 heterocycles. The van der Waals surface area contributed by atoms with Crippen LogP contribution in [0.15, 0.2) is 53.0 Å². The van der Waals surface area contributed by atoms with E-state index in [4.69, 9.17) is 5.73 Å². The molecule has 3 rings (SSSR count). The molecule has 0 aliphatic carbocycles. The van der Waals surface area contributed by atoms with Gasteiger partial charge in [0.2, 0.25) is 0 Å². The number of nitrogens with zero attached hydrogens (tertiary/aromatic N) is 2. The molecule has 0 aliphatic heterocycles. The van der Waals surface area contributed by atoms with Gasteiger partial charge in [0.05, 0.1) is 5.56 Å². The molecule has 0 saturated carbocycles. The molecule has 2 aromatic carbocycles. The Bertz CT molecular complexity index is 771. The Hall–Kier alpha value is -2.07. The molecular formula is C17H16BrN3. The van der Waals surface area contributed by atoms with E-state index < -0.39 is 0 Å². The van der Waals surface area contributed by atoms with Crippen molar-refractivity contribution in [1.82, 2.24) is 9.78 Å². The summed E-state index contributed by atoms with van der Waals surface area (Å²) in [7, 11) is 1.87. The van der Waals surface area contributed by atoms with Crippen molar-refractivity contribution < 1.29 is 0 Å². The van der Waals surface area contributed by atoms with Crippen LogP contribution in [-0.4, -0.2) is 9.78 Å². The molecule has 0 atom stereocenters. The molecule has 2 N–H and O–H groups in total. The topological polar surface area (TPSA) is 43.8 Å². The van der Waals surface area contributed by atoms with Gasteiger partial charge in [-0.15, -0.1) is 0 Å². The zero-order chi connectivity index (χ0) is 15.0. The number of hydrogen-bond acceptors (Lipinski definition) is 2. The predicted molar refractivity (Wildman–Crippen MR) is 90.9 cm³/mol. The lowest BCUT2D eigenvalue weighted by atomic mass is 10.00. The number of hydrogen-bond donors (Lipinski definition) is 1. The second-order valence-electron chi connectivity index (χ2n) is 5.11. The van der Waals surface area contributed by atoms with Crippen LogP contribution in [0.5, 0.6) is 0 Å². The van der Waals surface area contributed by atoms with Gasteiger partial charge in [0.1, 0.15) is 11.5 Å². The highest BCUT2D eigenvalue weighted by Gasteiger charge is 2.17. The van der Waals surface area contributed by atoms with Crippen LogP contribution in [0, 0.1) is 6.92 Å². The highest BCUT2D eigenvalue weighted by molar-refractivity contribution is 9.10. The van der Waals surface area contributed by atoms with Gasteiger partial charge in [0, 0.05) is 17.1 Å². The summed E-state index contributed by atoms with van der Waals surface area (Å²) >= 11 is 3.46. The summed E-state index contributed by atoms with van der Waals surface area (Å²) in [5, 5.41) is 4.59. The van der Waals surface area contributed by atoms with Crippen molar-refractivity contribution >= 4 is 21.7 Å². The molecule has 3 aromatic rings. The molecule has 106 valence electrons. The zero-order valence-electron chi connectivity index (χ0n) is 12.0. The summed E-state index contributed by atoms with van der Waals surface area (Å²) in [6.07, 6.45) is 0. The first-order chi connectivity index (χ1) is 10.1. The fourth-order valence-electron chi connectivity index (χ4n) is 2.35. The molecule has 3 nitrogen and oxygen atoms in total. The number of aromatic nitrogens is 2. The number of benzene rings is 2. The Morgan fingerprint density at radius 2 is 1.52 bits per heavy atom. The van der Waals surface area contributed by atoms with Gasteiger partial charge in [0.15, 0.2) is 0 Å². The molecule has 0 unspecified atom stereocenters. The Kier molecular flexibility index (Phi) is 3.55. The van der Waals surface area contributed by atoms with Gasteiger partial charge in [-0.25, -0.2) is 0 Å². The molecule has 0 saturated heterocycles. The molecule has 21 heavy (non-hydrogen) atoms. The normalized spacial score (nSPS) is 10.8. The number of anilines is 1. The molecule has 0 amide bonds. The van der Waals surface area contributed by atoms with Crippen molar-refractivity contribution in [2.45, 2.75) is 6.92 Å². The van der Waals surface area contributed by atoms with Crippen LogP contribution in [0.3, 0.4) is 0 Å². The number of nitrogens with two attached hydrogens (primary N) is 1. The van der Waals surface area contributed by atoms with Crippen LogP contribution in [0.4, 0.5) is 5.82 Å². The van der Waals surface area contributed by atoms with Crippen molar-refractivity contribution in [2.24, 2.45) is 7.05 Å². The van der Waals surface area contributed by atoms with Crippen molar-refractivity contribution in [3.05, 3.63) is 58.6 Å². The first-order valence-electron chi connectivity index (χ1n) is 6.71. The standard InChI is InChI=1S/C17H16BrN3/c1-11-3-5-12(6-4-11)15-16(20-21(2)17(15)19)13-7-9-14(18)10-8-13/h3-10H,19H2,1-2H3. The quantitative estimate of drug-likeness (QED) is 0.750. The van der Waals surface area contributed by atoms with E-state index in [1.54, 1.807) is 4.68 Å². The minimum atomic E-state index is 0.678. The third kappa shape index (κ3) is 2.59. The second-order valence-corrected chi connectivity index (χ2v) is 6.02. The minimum absolute atomic E-state index is 0.678. The van der Waals surface area contributed by atoms with Crippen LogP contribution < -0.4 is 5.73 Å². The summed E-state index contributed by atoms with van der Waals surface area (Å²) in [5.74, 6) is 0.678. The van der Waals surface area contributed by atoms with Crippen LogP contribution in [-0.2, 0) is 7.05 Å². The van der Waals surface area contributed by atoms with E-state index in [2.05, 4.69) is 52.2 Å². The van der Waals surface area contributed by atoms with Crippen LogP contribution >= 0.6 is 15.9 Å². The molecule has 0 aliphatic rings. The SMILES string of the molecule is Cc1ccc(-c2c(-c3ccc(Br)cc3)nn(C)c2N)cc1. The van der Waals surface area contributed by atoms with E-state index in [1.165, 1.54) is 5.56 Å². The van der Waals surface area contributed by atoms with Gasteiger partial charge >= 0.3 is 0 Å². The summed E-state index contributed by atoms with van der Waals surface area (Å²) in [6, 6.07) is 16.5. The molecular weight excluding hydrogens is 326 g/mol. The van der Waals surface area contributed by atoms with E-state index in [9.17, 15) is 0 Å². The van der Waals surface area contributed by atoms with E-state index in [1.807, 2.05) is 31.3 Å². The fourth-order valence-corrected chi connectivity index (χ4v) is 2.62. The summed E-state index contributed by atoms with van der Waals surface area (Å²) in [6.45, 7) is 2.08. The fraction of sp³-hybridized carbons (Fsp3) is 0.118. The number of rotatable bonds is 2. The summed E-state index contributed by atoms with van der Waals surface area (Å²) in [4.78, 5) is 0. The Balaban J connectivity index is 2.20. The van der Waals surface area contributed by atoms with Gasteiger partial charge in [0.25, 0.3) is 0 Å². The lowest BCUT2D eigenvalue weighted by molar-refractivity contribution is 0.782. The zero-order valence-corrected chi connectivity index (χ0v) is 13.6. The van der Waals surface area contributed by atoms with Gasteiger partial charge in [-0.1, -0.05) is 57.9 Å². The maximum atomic E-state index is 6.23.